The molecule has 0 aliphatic carbocycles. The third-order valence-corrected chi connectivity index (χ3v) is 5.50. The maximum atomic E-state index is 12.1. The highest BCUT2D eigenvalue weighted by Crippen LogP contribution is 2.37. The molecule has 2 aromatic heterocycles. The van der Waals surface area contributed by atoms with Crippen LogP contribution in [0.1, 0.15) is 32.3 Å². The van der Waals surface area contributed by atoms with Crippen LogP contribution in [0.15, 0.2) is 24.5 Å². The predicted molar refractivity (Wildman–Crippen MR) is 131 cm³/mol. The van der Waals surface area contributed by atoms with Crippen molar-refractivity contribution in [3.63, 3.8) is 0 Å². The summed E-state index contributed by atoms with van der Waals surface area (Å²) in [4.78, 5) is 22.6. The quantitative estimate of drug-likeness (QED) is 0.394. The van der Waals surface area contributed by atoms with Gasteiger partial charge in [0.05, 0.1) is 37.8 Å². The van der Waals surface area contributed by atoms with Gasteiger partial charge in [0.2, 0.25) is 5.75 Å². The summed E-state index contributed by atoms with van der Waals surface area (Å²) in [5.41, 5.74) is 1.63. The van der Waals surface area contributed by atoms with Crippen molar-refractivity contribution < 1.29 is 29.2 Å². The van der Waals surface area contributed by atoms with E-state index in [1.165, 1.54) is 0 Å². The van der Waals surface area contributed by atoms with E-state index in [0.29, 0.717) is 49.1 Å². The number of piperidine rings is 1. The number of nitrogens with zero attached hydrogens (tertiary/aromatic N) is 3. The molecule has 1 fully saturated rings. The van der Waals surface area contributed by atoms with E-state index >= 15 is 0 Å². The molecular formula is C24H35N5O6. The zero-order valence-corrected chi connectivity index (χ0v) is 20.7. The molecule has 3 rings (SSSR count). The average Bonchev–Trinajstić information content (AvgIpc) is 2.84. The minimum Gasteiger partial charge on any atom is -0.490 e. The lowest BCUT2D eigenvalue weighted by Gasteiger charge is -2.32. The molecule has 0 saturated carbocycles. The second kappa shape index (κ2) is 12.4. The summed E-state index contributed by atoms with van der Waals surface area (Å²) in [7, 11) is 1.56. The highest BCUT2D eigenvalue weighted by molar-refractivity contribution is 5.69. The van der Waals surface area contributed by atoms with Gasteiger partial charge in [-0.1, -0.05) is 0 Å². The van der Waals surface area contributed by atoms with Crippen molar-refractivity contribution in [2.45, 2.75) is 51.9 Å². The van der Waals surface area contributed by atoms with E-state index in [1.54, 1.807) is 30.5 Å². The van der Waals surface area contributed by atoms with Crippen LogP contribution in [0.25, 0.3) is 0 Å². The number of aliphatic hydroxyl groups excluding tert-OH is 2. The number of amides is 1. The van der Waals surface area contributed by atoms with E-state index in [2.05, 4.69) is 20.6 Å². The van der Waals surface area contributed by atoms with Crippen molar-refractivity contribution in [2.75, 3.05) is 44.0 Å². The molecule has 0 radical (unpaired) electrons. The van der Waals surface area contributed by atoms with Crippen LogP contribution in [-0.4, -0.2) is 82.8 Å². The Labute approximate surface area is 205 Å². The maximum absolute atomic E-state index is 12.1. The zero-order valence-electron chi connectivity index (χ0n) is 20.7. The summed E-state index contributed by atoms with van der Waals surface area (Å²) in [6, 6.07) is 3.59. The lowest BCUT2D eigenvalue weighted by molar-refractivity contribution is 0.0511. The Balaban J connectivity index is 1.64. The molecule has 4 N–H and O–H groups in total. The third-order valence-electron chi connectivity index (χ3n) is 5.50. The molecule has 3 heterocycles. The predicted octanol–water partition coefficient (Wildman–Crippen LogP) is 2.69. The summed E-state index contributed by atoms with van der Waals surface area (Å²) in [6.45, 7) is 6.60. The molecular weight excluding hydrogens is 454 g/mol. The minimum absolute atomic E-state index is 0.0646. The first kappa shape index (κ1) is 26.3. The fraction of sp³-hybridized carbons (Fsp3) is 0.542. The second-order valence-electron chi connectivity index (χ2n) is 8.65. The largest absolute Gasteiger partial charge is 0.490 e. The average molecular weight is 490 g/mol. The summed E-state index contributed by atoms with van der Waals surface area (Å²) < 4.78 is 17.1. The lowest BCUT2D eigenvalue weighted by Crippen LogP contribution is -2.42. The molecule has 192 valence electrons. The smallest absolute Gasteiger partial charge is 0.410 e. The van der Waals surface area contributed by atoms with E-state index in [0.717, 1.165) is 11.3 Å². The number of aromatic nitrogens is 2. The molecule has 1 aliphatic rings. The number of anilines is 3. The van der Waals surface area contributed by atoms with Crippen molar-refractivity contribution >= 4 is 23.4 Å². The van der Waals surface area contributed by atoms with E-state index in [4.69, 9.17) is 19.3 Å². The Morgan fingerprint density at radius 1 is 1.29 bits per heavy atom. The van der Waals surface area contributed by atoms with Crippen LogP contribution in [0.3, 0.4) is 0 Å². The zero-order chi connectivity index (χ0) is 25.4. The van der Waals surface area contributed by atoms with Gasteiger partial charge < -0.3 is 40.0 Å². The van der Waals surface area contributed by atoms with E-state index < -0.39 is 6.10 Å². The Kier molecular flexibility index (Phi) is 9.32. The first-order chi connectivity index (χ1) is 16.8. The van der Waals surface area contributed by atoms with Gasteiger partial charge >= 0.3 is 6.09 Å². The van der Waals surface area contributed by atoms with Crippen LogP contribution in [0.2, 0.25) is 0 Å². The first-order valence-corrected chi connectivity index (χ1v) is 11.7. The van der Waals surface area contributed by atoms with Gasteiger partial charge in [-0.2, -0.15) is 0 Å². The Morgan fingerprint density at radius 2 is 2.03 bits per heavy atom. The molecule has 0 aromatic carbocycles. The number of ether oxygens (including phenoxy) is 3. The van der Waals surface area contributed by atoms with Crippen LogP contribution in [-0.2, 0) is 4.74 Å². The number of carbonyl (C=O) groups is 1. The van der Waals surface area contributed by atoms with E-state index in [1.807, 2.05) is 26.8 Å². The number of pyridine rings is 2. The van der Waals surface area contributed by atoms with Crippen LogP contribution in [0.5, 0.6) is 11.5 Å². The summed E-state index contributed by atoms with van der Waals surface area (Å²) in [5.74, 6) is 2.11. The van der Waals surface area contributed by atoms with Gasteiger partial charge in [-0.15, -0.1) is 0 Å². The Bertz CT molecular complexity index is 981. The number of hydrogen-bond acceptors (Lipinski definition) is 10. The minimum atomic E-state index is -0.854. The molecule has 1 saturated heterocycles. The van der Waals surface area contributed by atoms with Gasteiger partial charge in [0.1, 0.15) is 11.9 Å². The number of rotatable bonds is 10. The van der Waals surface area contributed by atoms with Crippen molar-refractivity contribution in [3.05, 3.63) is 30.1 Å². The molecule has 11 heteroatoms. The van der Waals surface area contributed by atoms with Gasteiger partial charge in [0.15, 0.2) is 11.6 Å². The monoisotopic (exact) mass is 489 g/mol. The van der Waals surface area contributed by atoms with Crippen molar-refractivity contribution in [1.29, 1.82) is 0 Å². The number of carbonyl (C=O) groups excluding carboxylic acids is 1. The Morgan fingerprint density at radius 3 is 2.66 bits per heavy atom. The van der Waals surface area contributed by atoms with Crippen molar-refractivity contribution in [3.8, 4) is 11.5 Å². The molecule has 1 unspecified atom stereocenters. The number of aryl methyl sites for hydroxylation is 1. The fourth-order valence-corrected chi connectivity index (χ4v) is 3.62. The molecule has 11 nitrogen and oxygen atoms in total. The number of likely N-dealkylation sites (tertiary alicyclic amines) is 1. The molecule has 1 aliphatic heterocycles. The van der Waals surface area contributed by atoms with Crippen LogP contribution >= 0.6 is 0 Å². The normalized spacial score (nSPS) is 15.0. The van der Waals surface area contributed by atoms with Gasteiger partial charge in [0, 0.05) is 44.7 Å². The standard InChI is InChI=1S/C24H35N5O6/c1-15(2)34-24(32)29-9-6-18(7-10-29)35-20-5-8-25-23(22(20)33-4)28-19-13-27-21(11-16(19)3)26-12-17(31)14-30/h5,8,11,13,15,17-18,30-31H,6-7,9-10,12,14H2,1-4H3,(H,25,28)(H,26,27). The fourth-order valence-electron chi connectivity index (χ4n) is 3.62. The maximum Gasteiger partial charge on any atom is 0.410 e. The number of methoxy groups -OCH3 is 1. The molecule has 2 aromatic rings. The lowest BCUT2D eigenvalue weighted by atomic mass is 10.1. The summed E-state index contributed by atoms with van der Waals surface area (Å²) >= 11 is 0. The highest BCUT2D eigenvalue weighted by atomic mass is 16.6. The summed E-state index contributed by atoms with van der Waals surface area (Å²) in [5, 5.41) is 24.7. The summed E-state index contributed by atoms with van der Waals surface area (Å²) in [6.07, 6.45) is 3.31. The van der Waals surface area contributed by atoms with Crippen molar-refractivity contribution in [1.82, 2.24) is 14.9 Å². The topological polar surface area (TPSA) is 138 Å². The molecule has 1 amide bonds. The Hall–Kier alpha value is -3.31. The van der Waals surface area contributed by atoms with Gasteiger partial charge in [-0.25, -0.2) is 14.8 Å². The molecule has 0 bridgehead atoms. The van der Waals surface area contributed by atoms with Gasteiger partial charge in [0.25, 0.3) is 0 Å². The van der Waals surface area contributed by atoms with Crippen LogP contribution < -0.4 is 20.1 Å². The second-order valence-corrected chi connectivity index (χ2v) is 8.65. The van der Waals surface area contributed by atoms with E-state index in [9.17, 15) is 9.90 Å². The molecule has 1 atom stereocenters. The van der Waals surface area contributed by atoms with Gasteiger partial charge in [-0.3, -0.25) is 0 Å². The van der Waals surface area contributed by atoms with E-state index in [-0.39, 0.29) is 31.5 Å². The molecule has 0 spiro atoms. The SMILES string of the molecule is COc1c(OC2CCN(C(=O)OC(C)C)CC2)ccnc1Nc1cnc(NCC(O)CO)cc1C. The third kappa shape index (κ3) is 7.33. The van der Waals surface area contributed by atoms with Crippen LogP contribution in [0, 0.1) is 6.92 Å². The van der Waals surface area contributed by atoms with Gasteiger partial charge in [-0.05, 0) is 32.4 Å². The highest BCUT2D eigenvalue weighted by Gasteiger charge is 2.26. The number of nitrogens with one attached hydrogen (secondary N) is 2. The number of aliphatic hydroxyl groups is 2. The first-order valence-electron chi connectivity index (χ1n) is 11.7. The van der Waals surface area contributed by atoms with Crippen LogP contribution in [0.4, 0.5) is 22.1 Å². The number of hydrogen-bond donors (Lipinski definition) is 4. The molecule has 35 heavy (non-hydrogen) atoms. The van der Waals surface area contributed by atoms with Crippen molar-refractivity contribution in [2.24, 2.45) is 0 Å².